The number of Topliss-reactive ketones (excluding diaryl/α,β-unsaturated/α-hetero) is 1. The van der Waals surface area contributed by atoms with Crippen LogP contribution in [0.4, 0.5) is 10.1 Å². The van der Waals surface area contributed by atoms with Crippen molar-refractivity contribution in [1.29, 1.82) is 0 Å². The highest BCUT2D eigenvalue weighted by atomic mass is 35.5. The minimum absolute atomic E-state index is 0.0143. The zero-order valence-electron chi connectivity index (χ0n) is 16.5. The number of pyridine rings is 1. The van der Waals surface area contributed by atoms with Crippen molar-refractivity contribution in [1.82, 2.24) is 4.98 Å². The first-order valence-corrected chi connectivity index (χ1v) is 9.83. The number of amides is 1. The fraction of sp³-hybridized carbons (Fsp3) is 0.0800. The van der Waals surface area contributed by atoms with Gasteiger partial charge in [0, 0.05) is 37.0 Å². The van der Waals surface area contributed by atoms with Gasteiger partial charge in [0.2, 0.25) is 5.78 Å². The van der Waals surface area contributed by atoms with Crippen molar-refractivity contribution >= 4 is 35.1 Å². The van der Waals surface area contributed by atoms with Gasteiger partial charge in [-0.3, -0.25) is 14.6 Å². The largest absolute Gasteiger partial charge is 0.311 e. The third kappa shape index (κ3) is 4.25. The van der Waals surface area contributed by atoms with Gasteiger partial charge in [0.25, 0.3) is 5.91 Å². The summed E-state index contributed by atoms with van der Waals surface area (Å²) in [6.07, 6.45) is 5.41. The molecule has 0 fully saturated rings. The molecule has 0 atom stereocenters. The van der Waals surface area contributed by atoms with Crippen molar-refractivity contribution in [3.05, 3.63) is 99.6 Å². The van der Waals surface area contributed by atoms with Gasteiger partial charge in [-0.1, -0.05) is 29.5 Å². The molecular weight excluding hydrogens is 415 g/mol. The fourth-order valence-electron chi connectivity index (χ4n) is 3.27. The summed E-state index contributed by atoms with van der Waals surface area (Å²) in [6.45, 7) is 0. The highest BCUT2D eigenvalue weighted by Gasteiger charge is 2.32. The maximum atomic E-state index is 13.4. The number of carbonyl (C=O) groups excluding carboxylic acids is 2. The summed E-state index contributed by atoms with van der Waals surface area (Å²) in [4.78, 5) is 31.3. The lowest BCUT2D eigenvalue weighted by Gasteiger charge is -2.26. The standard InChI is InChI=1S/C25H16ClFN2O2/c1-29-23-8-6-17(4-2-3-16-9-11-28-12-10-16)13-19(23)24(30)20(25(29)31)14-18-5-7-22(27)21(26)15-18/h5-15H,3H2,1H3/b20-14+. The van der Waals surface area contributed by atoms with Crippen LogP contribution in [0, 0.1) is 17.7 Å². The van der Waals surface area contributed by atoms with E-state index in [0.29, 0.717) is 28.8 Å². The van der Waals surface area contributed by atoms with E-state index >= 15 is 0 Å². The van der Waals surface area contributed by atoms with Crippen molar-refractivity contribution in [3.63, 3.8) is 0 Å². The number of nitrogens with zero attached hydrogens (tertiary/aromatic N) is 2. The molecule has 0 aliphatic carbocycles. The topological polar surface area (TPSA) is 50.3 Å². The highest BCUT2D eigenvalue weighted by Crippen LogP contribution is 2.31. The molecule has 0 radical (unpaired) electrons. The average molecular weight is 431 g/mol. The number of carbonyl (C=O) groups is 2. The Hall–Kier alpha value is -3.75. The molecule has 0 saturated carbocycles. The van der Waals surface area contributed by atoms with Crippen LogP contribution < -0.4 is 4.90 Å². The van der Waals surface area contributed by atoms with Gasteiger partial charge in [0.15, 0.2) is 0 Å². The van der Waals surface area contributed by atoms with Crippen molar-refractivity contribution in [2.24, 2.45) is 0 Å². The monoisotopic (exact) mass is 430 g/mol. The molecule has 0 N–H and O–H groups in total. The van der Waals surface area contributed by atoms with E-state index in [2.05, 4.69) is 16.8 Å². The minimum atomic E-state index is -0.567. The number of likely N-dealkylation sites (N-methyl/N-ethyl adjacent to an activating group) is 1. The second-order valence-corrected chi connectivity index (χ2v) is 7.40. The lowest BCUT2D eigenvalue weighted by molar-refractivity contribution is -0.114. The number of aromatic nitrogens is 1. The van der Waals surface area contributed by atoms with E-state index in [9.17, 15) is 14.0 Å². The molecule has 152 valence electrons. The van der Waals surface area contributed by atoms with Crippen LogP contribution in [0.2, 0.25) is 5.02 Å². The molecule has 4 nitrogen and oxygen atoms in total. The van der Waals surface area contributed by atoms with E-state index < -0.39 is 17.5 Å². The first-order valence-electron chi connectivity index (χ1n) is 9.45. The van der Waals surface area contributed by atoms with Crippen LogP contribution in [0.1, 0.15) is 27.0 Å². The Morgan fingerprint density at radius 3 is 2.61 bits per heavy atom. The van der Waals surface area contributed by atoms with Crippen molar-refractivity contribution < 1.29 is 14.0 Å². The zero-order chi connectivity index (χ0) is 22.0. The predicted molar refractivity (Wildman–Crippen MR) is 118 cm³/mol. The number of halogens is 2. The van der Waals surface area contributed by atoms with Crippen LogP contribution >= 0.6 is 11.6 Å². The molecule has 1 aromatic heterocycles. The first-order chi connectivity index (χ1) is 14.9. The van der Waals surface area contributed by atoms with Crippen LogP contribution in [-0.4, -0.2) is 23.7 Å². The van der Waals surface area contributed by atoms with E-state index in [4.69, 9.17) is 11.6 Å². The normalized spacial score (nSPS) is 14.3. The lowest BCUT2D eigenvalue weighted by atomic mass is 9.92. The highest BCUT2D eigenvalue weighted by molar-refractivity contribution is 6.36. The van der Waals surface area contributed by atoms with Crippen LogP contribution in [0.25, 0.3) is 6.08 Å². The predicted octanol–water partition coefficient (Wildman–Crippen LogP) is 4.71. The first kappa shape index (κ1) is 20.5. The van der Waals surface area contributed by atoms with Crippen molar-refractivity contribution in [2.45, 2.75) is 6.42 Å². The molecular formula is C25H16ClFN2O2. The Kier molecular flexibility index (Phi) is 5.66. The summed E-state index contributed by atoms with van der Waals surface area (Å²) < 4.78 is 13.4. The SMILES string of the molecule is CN1C(=O)/C(=C/c2ccc(F)c(Cl)c2)C(=O)c2cc(C#CCc3ccncc3)ccc21. The Labute approximate surface area is 184 Å². The Morgan fingerprint density at radius 1 is 1.10 bits per heavy atom. The van der Waals surface area contributed by atoms with Gasteiger partial charge in [-0.2, -0.15) is 0 Å². The maximum absolute atomic E-state index is 13.4. The van der Waals surface area contributed by atoms with Gasteiger partial charge in [0.1, 0.15) is 5.82 Å². The third-order valence-electron chi connectivity index (χ3n) is 4.91. The average Bonchev–Trinajstić information content (AvgIpc) is 2.78. The molecule has 6 heteroatoms. The van der Waals surface area contributed by atoms with E-state index in [1.165, 1.54) is 29.2 Å². The number of hydrogen-bond acceptors (Lipinski definition) is 3. The molecule has 1 aliphatic heterocycles. The van der Waals surface area contributed by atoms with Gasteiger partial charge < -0.3 is 4.90 Å². The molecule has 0 bridgehead atoms. The van der Waals surface area contributed by atoms with Crippen molar-refractivity contribution in [2.75, 3.05) is 11.9 Å². The van der Waals surface area contributed by atoms with Gasteiger partial charge in [-0.15, -0.1) is 0 Å². The second-order valence-electron chi connectivity index (χ2n) is 6.99. The molecule has 0 unspecified atom stereocenters. The van der Waals surface area contributed by atoms with Crippen LogP contribution in [-0.2, 0) is 11.2 Å². The van der Waals surface area contributed by atoms with Gasteiger partial charge in [0.05, 0.1) is 16.3 Å². The van der Waals surface area contributed by atoms with E-state index in [-0.39, 0.29) is 10.6 Å². The van der Waals surface area contributed by atoms with E-state index in [1.54, 1.807) is 37.6 Å². The molecule has 2 heterocycles. The third-order valence-corrected chi connectivity index (χ3v) is 5.20. The molecule has 31 heavy (non-hydrogen) atoms. The number of fused-ring (bicyclic) bond motifs is 1. The minimum Gasteiger partial charge on any atom is -0.311 e. The van der Waals surface area contributed by atoms with Gasteiger partial charge in [-0.05, 0) is 59.7 Å². The maximum Gasteiger partial charge on any atom is 0.262 e. The second kappa shape index (κ2) is 8.55. The summed E-state index contributed by atoms with van der Waals surface area (Å²) in [6, 6.07) is 13.0. The lowest BCUT2D eigenvalue weighted by Crippen LogP contribution is -2.36. The quantitative estimate of drug-likeness (QED) is 0.336. The Bertz CT molecular complexity index is 1290. The van der Waals surface area contributed by atoms with E-state index in [1.807, 2.05) is 12.1 Å². The summed E-state index contributed by atoms with van der Waals surface area (Å²) in [5.74, 6) is 4.74. The molecule has 2 aromatic carbocycles. The van der Waals surface area contributed by atoms with Crippen LogP contribution in [0.3, 0.4) is 0 Å². The Morgan fingerprint density at radius 2 is 1.87 bits per heavy atom. The molecule has 0 spiro atoms. The summed E-state index contributed by atoms with van der Waals surface area (Å²) in [5, 5.41) is -0.0782. The van der Waals surface area contributed by atoms with E-state index in [0.717, 1.165) is 5.56 Å². The molecule has 3 aromatic rings. The number of anilines is 1. The number of ketones is 1. The smallest absolute Gasteiger partial charge is 0.262 e. The summed E-state index contributed by atoms with van der Waals surface area (Å²) in [5.41, 5.74) is 3.08. The number of benzene rings is 2. The molecule has 1 aliphatic rings. The van der Waals surface area contributed by atoms with Crippen LogP contribution in [0.5, 0.6) is 0 Å². The fourth-order valence-corrected chi connectivity index (χ4v) is 3.45. The van der Waals surface area contributed by atoms with Crippen LogP contribution in [0.15, 0.2) is 66.5 Å². The zero-order valence-corrected chi connectivity index (χ0v) is 17.3. The molecule has 4 rings (SSSR count). The van der Waals surface area contributed by atoms with Gasteiger partial charge >= 0.3 is 0 Å². The number of hydrogen-bond donors (Lipinski definition) is 0. The molecule has 0 saturated heterocycles. The Balaban J connectivity index is 1.67. The summed E-state index contributed by atoms with van der Waals surface area (Å²) >= 11 is 5.82. The van der Waals surface area contributed by atoms with Gasteiger partial charge in [-0.25, -0.2) is 4.39 Å². The molecule has 1 amide bonds. The number of rotatable bonds is 2. The summed E-state index contributed by atoms with van der Waals surface area (Å²) in [7, 11) is 1.61. The van der Waals surface area contributed by atoms with Crippen molar-refractivity contribution in [3.8, 4) is 11.8 Å².